The van der Waals surface area contributed by atoms with Crippen molar-refractivity contribution in [1.82, 2.24) is 10.2 Å². The number of piperidine rings is 1. The van der Waals surface area contributed by atoms with Gasteiger partial charge in [-0.05, 0) is 44.1 Å². The van der Waals surface area contributed by atoms with Crippen LogP contribution in [0.5, 0.6) is 0 Å². The number of hydrogen-bond donors (Lipinski definition) is 1. The third kappa shape index (κ3) is 4.68. The quantitative estimate of drug-likeness (QED) is 0.805. The lowest BCUT2D eigenvalue weighted by Gasteiger charge is -2.37. The second kappa shape index (κ2) is 7.13. The number of methoxy groups -OCH3 is 1. The minimum Gasteiger partial charge on any atom is -0.453 e. The Kier molecular flexibility index (Phi) is 5.49. The summed E-state index contributed by atoms with van der Waals surface area (Å²) in [5, 5.41) is 3.65. The van der Waals surface area contributed by atoms with Gasteiger partial charge in [0, 0.05) is 19.1 Å². The molecule has 4 heteroatoms. The molecule has 0 aromatic heterocycles. The first-order valence-corrected chi connectivity index (χ1v) is 7.79. The smallest absolute Gasteiger partial charge is 0.409 e. The van der Waals surface area contributed by atoms with Crippen molar-refractivity contribution in [3.8, 4) is 0 Å². The number of likely N-dealkylation sites (tertiary alicyclic amines) is 1. The van der Waals surface area contributed by atoms with Crippen molar-refractivity contribution in [1.29, 1.82) is 0 Å². The predicted molar refractivity (Wildman–Crippen MR) is 76.1 cm³/mol. The lowest BCUT2D eigenvalue weighted by atomic mass is 9.90. The zero-order chi connectivity index (χ0) is 13.7. The van der Waals surface area contributed by atoms with E-state index >= 15 is 0 Å². The van der Waals surface area contributed by atoms with Gasteiger partial charge in [-0.25, -0.2) is 4.79 Å². The molecule has 1 saturated heterocycles. The Balaban J connectivity index is 1.84. The first-order chi connectivity index (χ1) is 9.22. The number of carbonyl (C=O) groups excluding carboxylic acids is 1. The van der Waals surface area contributed by atoms with Crippen molar-refractivity contribution < 1.29 is 9.53 Å². The van der Waals surface area contributed by atoms with E-state index in [1.54, 1.807) is 0 Å². The molecule has 2 unspecified atom stereocenters. The largest absolute Gasteiger partial charge is 0.453 e. The number of amides is 1. The second-order valence-electron chi connectivity index (χ2n) is 6.17. The van der Waals surface area contributed by atoms with Crippen LogP contribution in [0.4, 0.5) is 4.79 Å². The maximum absolute atomic E-state index is 11.8. The maximum atomic E-state index is 11.8. The molecule has 0 spiro atoms. The van der Waals surface area contributed by atoms with E-state index in [2.05, 4.69) is 12.2 Å². The zero-order valence-corrected chi connectivity index (χ0v) is 12.4. The topological polar surface area (TPSA) is 41.6 Å². The van der Waals surface area contributed by atoms with E-state index in [0.29, 0.717) is 12.0 Å². The average molecular weight is 268 g/mol. The number of rotatable bonds is 6. The molecule has 1 aliphatic carbocycles. The number of hydrogen-bond acceptors (Lipinski definition) is 3. The van der Waals surface area contributed by atoms with E-state index in [1.165, 1.54) is 45.6 Å². The molecule has 1 aliphatic heterocycles. The average Bonchev–Trinajstić information content (AvgIpc) is 3.26. The van der Waals surface area contributed by atoms with E-state index in [9.17, 15) is 4.79 Å². The van der Waals surface area contributed by atoms with Gasteiger partial charge >= 0.3 is 6.09 Å². The molecular weight excluding hydrogens is 240 g/mol. The Morgan fingerprint density at radius 3 is 2.74 bits per heavy atom. The Hall–Kier alpha value is -0.770. The van der Waals surface area contributed by atoms with Crippen LogP contribution in [-0.4, -0.2) is 43.8 Å². The van der Waals surface area contributed by atoms with Crippen LogP contribution in [0.2, 0.25) is 0 Å². The molecule has 1 amide bonds. The van der Waals surface area contributed by atoms with Crippen molar-refractivity contribution in [3.63, 3.8) is 0 Å². The normalized spacial score (nSPS) is 27.4. The van der Waals surface area contributed by atoms with Gasteiger partial charge in [0.15, 0.2) is 0 Å². The molecule has 2 rings (SSSR count). The summed E-state index contributed by atoms with van der Waals surface area (Å²) in [4.78, 5) is 13.6. The Morgan fingerprint density at radius 2 is 2.11 bits per heavy atom. The highest BCUT2D eigenvalue weighted by Crippen LogP contribution is 2.29. The summed E-state index contributed by atoms with van der Waals surface area (Å²) in [6.07, 6.45) is 7.51. The standard InChI is InChI=1S/C15H28N2O2/c1-3-4-5-13-8-14(16-9-12-6-7-12)11-17(10-13)15(18)19-2/h12-14,16H,3-11H2,1-2H3. The van der Waals surface area contributed by atoms with Gasteiger partial charge in [0.05, 0.1) is 7.11 Å². The molecule has 1 N–H and O–H groups in total. The molecule has 1 saturated carbocycles. The Morgan fingerprint density at radius 1 is 1.32 bits per heavy atom. The fourth-order valence-electron chi connectivity index (χ4n) is 2.99. The van der Waals surface area contributed by atoms with Crippen LogP contribution >= 0.6 is 0 Å². The number of nitrogens with zero attached hydrogens (tertiary/aromatic N) is 1. The molecule has 2 fully saturated rings. The SMILES string of the molecule is CCCCC1CC(NCC2CC2)CN(C(=O)OC)C1. The molecule has 0 radical (unpaired) electrons. The highest BCUT2D eigenvalue weighted by Gasteiger charge is 2.31. The molecule has 2 aliphatic rings. The van der Waals surface area contributed by atoms with Gasteiger partial charge in [0.2, 0.25) is 0 Å². The van der Waals surface area contributed by atoms with Crippen LogP contribution in [0.25, 0.3) is 0 Å². The predicted octanol–water partition coefficient (Wildman–Crippen LogP) is 2.63. The monoisotopic (exact) mass is 268 g/mol. The molecule has 2 atom stereocenters. The van der Waals surface area contributed by atoms with Crippen molar-refractivity contribution >= 4 is 6.09 Å². The van der Waals surface area contributed by atoms with E-state index in [4.69, 9.17) is 4.74 Å². The number of nitrogens with one attached hydrogen (secondary N) is 1. The van der Waals surface area contributed by atoms with Gasteiger partial charge in [-0.15, -0.1) is 0 Å². The van der Waals surface area contributed by atoms with E-state index in [1.807, 2.05) is 4.90 Å². The molecule has 1 heterocycles. The van der Waals surface area contributed by atoms with Crippen LogP contribution < -0.4 is 5.32 Å². The number of carbonyl (C=O) groups is 1. The second-order valence-corrected chi connectivity index (χ2v) is 6.17. The van der Waals surface area contributed by atoms with Gasteiger partial charge in [-0.2, -0.15) is 0 Å². The summed E-state index contributed by atoms with van der Waals surface area (Å²) in [6.45, 7) is 5.03. The van der Waals surface area contributed by atoms with Crippen LogP contribution in [0, 0.1) is 11.8 Å². The van der Waals surface area contributed by atoms with E-state index < -0.39 is 0 Å². The third-order valence-electron chi connectivity index (χ3n) is 4.33. The summed E-state index contributed by atoms with van der Waals surface area (Å²) in [6, 6.07) is 0.454. The Labute approximate surface area is 116 Å². The first kappa shape index (κ1) is 14.6. The van der Waals surface area contributed by atoms with E-state index in [-0.39, 0.29) is 6.09 Å². The summed E-state index contributed by atoms with van der Waals surface area (Å²) in [7, 11) is 1.48. The third-order valence-corrected chi connectivity index (χ3v) is 4.33. The Bertz CT molecular complexity index is 292. The van der Waals surface area contributed by atoms with Crippen LogP contribution in [0.15, 0.2) is 0 Å². The van der Waals surface area contributed by atoms with Gasteiger partial charge in [-0.1, -0.05) is 19.8 Å². The van der Waals surface area contributed by atoms with Gasteiger partial charge in [0.25, 0.3) is 0 Å². The molecule has 110 valence electrons. The van der Waals surface area contributed by atoms with Crippen molar-refractivity contribution in [2.45, 2.75) is 51.5 Å². The van der Waals surface area contributed by atoms with Gasteiger partial charge in [-0.3, -0.25) is 0 Å². The molecule has 19 heavy (non-hydrogen) atoms. The highest BCUT2D eigenvalue weighted by molar-refractivity contribution is 5.67. The molecule has 0 aromatic rings. The summed E-state index contributed by atoms with van der Waals surface area (Å²) < 4.78 is 4.89. The molecule has 0 bridgehead atoms. The van der Waals surface area contributed by atoms with Gasteiger partial charge < -0.3 is 15.0 Å². The fraction of sp³-hybridized carbons (Fsp3) is 0.933. The van der Waals surface area contributed by atoms with Crippen LogP contribution in [0.1, 0.15) is 45.4 Å². The summed E-state index contributed by atoms with van der Waals surface area (Å²) in [5.41, 5.74) is 0. The molecule has 4 nitrogen and oxygen atoms in total. The van der Waals surface area contributed by atoms with Gasteiger partial charge in [0.1, 0.15) is 0 Å². The zero-order valence-electron chi connectivity index (χ0n) is 12.4. The lowest BCUT2D eigenvalue weighted by molar-refractivity contribution is 0.0885. The summed E-state index contributed by atoms with van der Waals surface area (Å²) >= 11 is 0. The minimum absolute atomic E-state index is 0.167. The fourth-order valence-corrected chi connectivity index (χ4v) is 2.99. The number of unbranched alkanes of at least 4 members (excludes halogenated alkanes) is 1. The maximum Gasteiger partial charge on any atom is 0.409 e. The number of ether oxygens (including phenoxy) is 1. The molecule has 0 aromatic carbocycles. The summed E-state index contributed by atoms with van der Waals surface area (Å²) in [5.74, 6) is 1.52. The lowest BCUT2D eigenvalue weighted by Crippen LogP contribution is -2.51. The first-order valence-electron chi connectivity index (χ1n) is 7.79. The minimum atomic E-state index is -0.167. The van der Waals surface area contributed by atoms with Crippen molar-refractivity contribution in [2.75, 3.05) is 26.7 Å². The van der Waals surface area contributed by atoms with Crippen LogP contribution in [0.3, 0.4) is 0 Å². The van der Waals surface area contributed by atoms with Crippen LogP contribution in [-0.2, 0) is 4.74 Å². The molecular formula is C15H28N2O2. The van der Waals surface area contributed by atoms with Crippen molar-refractivity contribution in [2.24, 2.45) is 11.8 Å². The van der Waals surface area contributed by atoms with E-state index in [0.717, 1.165) is 25.6 Å². The van der Waals surface area contributed by atoms with Crippen molar-refractivity contribution in [3.05, 3.63) is 0 Å². The highest BCUT2D eigenvalue weighted by atomic mass is 16.5.